The van der Waals surface area contributed by atoms with Crippen LogP contribution >= 0.6 is 0 Å². The largest absolute Gasteiger partial charge is 0.506 e. The Morgan fingerprint density at radius 1 is 0.833 bits per heavy atom. The Balaban J connectivity index is 1.54. The highest BCUT2D eigenvalue weighted by Crippen LogP contribution is 2.31. The van der Waals surface area contributed by atoms with E-state index in [2.05, 4.69) is 25.5 Å². The monoisotopic (exact) mass is 482 g/mol. The normalized spacial score (nSPS) is 12.4. The predicted molar refractivity (Wildman–Crippen MR) is 139 cm³/mol. The summed E-state index contributed by atoms with van der Waals surface area (Å²) in [6.07, 6.45) is 0. The summed E-state index contributed by atoms with van der Waals surface area (Å²) >= 11 is 0. The van der Waals surface area contributed by atoms with Crippen molar-refractivity contribution in [3.63, 3.8) is 0 Å². The summed E-state index contributed by atoms with van der Waals surface area (Å²) in [6.45, 7) is 0.0619. The summed E-state index contributed by atoms with van der Waals surface area (Å²) < 4.78 is 0. The Hall–Kier alpha value is -4.96. The molecule has 36 heavy (non-hydrogen) atoms. The number of rotatable bonds is 6. The Morgan fingerprint density at radius 2 is 1.61 bits per heavy atom. The topological polar surface area (TPSA) is 169 Å². The van der Waals surface area contributed by atoms with Crippen molar-refractivity contribution in [2.75, 3.05) is 11.9 Å². The Bertz CT molecular complexity index is 1730. The molecule has 5 rings (SSSR count). The smallest absolute Gasteiger partial charge is 0.193 e. The van der Waals surface area contributed by atoms with Crippen LogP contribution in [0.15, 0.2) is 92.6 Å². The van der Waals surface area contributed by atoms with Crippen molar-refractivity contribution in [1.29, 1.82) is 0 Å². The SMILES string of the molecule is NCC(Nc1cc(=O)c2c(N=Nc3ccccc3)ccc(O)c2[nH]1)c1cc(=O)c2cccc(O)c2[nH]1. The number of pyridine rings is 2. The molecule has 0 fully saturated rings. The molecule has 10 heteroatoms. The molecule has 0 saturated heterocycles. The third kappa shape index (κ3) is 4.28. The van der Waals surface area contributed by atoms with Crippen LogP contribution in [0.25, 0.3) is 21.8 Å². The van der Waals surface area contributed by atoms with Gasteiger partial charge in [-0.25, -0.2) is 0 Å². The molecule has 10 nitrogen and oxygen atoms in total. The van der Waals surface area contributed by atoms with E-state index in [1.165, 1.54) is 30.3 Å². The van der Waals surface area contributed by atoms with Gasteiger partial charge in [0.1, 0.15) is 17.3 Å². The second-order valence-electron chi connectivity index (χ2n) is 8.16. The number of nitrogens with zero attached hydrogens (tertiary/aromatic N) is 2. The lowest BCUT2D eigenvalue weighted by Gasteiger charge is -2.19. The molecule has 0 spiro atoms. The summed E-state index contributed by atoms with van der Waals surface area (Å²) in [5, 5.41) is 32.6. The van der Waals surface area contributed by atoms with Crippen LogP contribution in [0, 0.1) is 0 Å². The van der Waals surface area contributed by atoms with Gasteiger partial charge in [-0.05, 0) is 36.4 Å². The molecule has 7 N–H and O–H groups in total. The van der Waals surface area contributed by atoms with Gasteiger partial charge in [0.2, 0.25) is 0 Å². The molecule has 5 aromatic rings. The third-order valence-electron chi connectivity index (χ3n) is 5.78. The van der Waals surface area contributed by atoms with Crippen LogP contribution in [-0.4, -0.2) is 26.7 Å². The number of fused-ring (bicyclic) bond motifs is 2. The highest BCUT2D eigenvalue weighted by molar-refractivity contribution is 5.94. The summed E-state index contributed by atoms with van der Waals surface area (Å²) in [5.74, 6) is 0.0647. The molecular formula is C26H22N6O4. The molecule has 1 unspecified atom stereocenters. The third-order valence-corrected chi connectivity index (χ3v) is 5.78. The number of aromatic amines is 2. The number of azo groups is 1. The number of aromatic nitrogens is 2. The van der Waals surface area contributed by atoms with Gasteiger partial charge in [-0.15, -0.1) is 5.11 Å². The van der Waals surface area contributed by atoms with Gasteiger partial charge in [0, 0.05) is 29.8 Å². The van der Waals surface area contributed by atoms with Gasteiger partial charge >= 0.3 is 0 Å². The number of aromatic hydroxyl groups is 2. The van der Waals surface area contributed by atoms with E-state index >= 15 is 0 Å². The lowest BCUT2D eigenvalue weighted by molar-refractivity contribution is 0.479. The molecule has 0 aliphatic carbocycles. The maximum absolute atomic E-state index is 13.1. The van der Waals surface area contributed by atoms with Gasteiger partial charge in [0.05, 0.1) is 33.8 Å². The molecule has 0 saturated carbocycles. The van der Waals surface area contributed by atoms with Crippen molar-refractivity contribution in [3.8, 4) is 11.5 Å². The molecular weight excluding hydrogens is 460 g/mol. The molecule has 2 heterocycles. The Kier molecular flexibility index (Phi) is 5.93. The number of H-pyrrole nitrogens is 2. The molecule has 0 bridgehead atoms. The quantitative estimate of drug-likeness (QED) is 0.197. The van der Waals surface area contributed by atoms with Crippen molar-refractivity contribution < 1.29 is 10.2 Å². The first-order valence-corrected chi connectivity index (χ1v) is 11.1. The summed E-state index contributed by atoms with van der Waals surface area (Å²) in [5.41, 5.74) is 7.09. The highest BCUT2D eigenvalue weighted by atomic mass is 16.3. The molecule has 2 aromatic heterocycles. The molecule has 0 radical (unpaired) electrons. The van der Waals surface area contributed by atoms with Crippen molar-refractivity contribution in [3.05, 3.63) is 98.9 Å². The van der Waals surface area contributed by atoms with Crippen LogP contribution in [0.5, 0.6) is 11.5 Å². The molecule has 0 aliphatic rings. The van der Waals surface area contributed by atoms with Crippen LogP contribution in [0.1, 0.15) is 11.7 Å². The average Bonchev–Trinajstić information content (AvgIpc) is 2.88. The van der Waals surface area contributed by atoms with E-state index in [1.54, 1.807) is 24.3 Å². The zero-order valence-electron chi connectivity index (χ0n) is 18.9. The number of nitrogens with two attached hydrogens (primary N) is 1. The minimum absolute atomic E-state index is 0.0619. The number of benzene rings is 3. The second kappa shape index (κ2) is 9.35. The first-order valence-electron chi connectivity index (χ1n) is 11.1. The summed E-state index contributed by atoms with van der Waals surface area (Å²) in [7, 11) is 0. The lowest BCUT2D eigenvalue weighted by Crippen LogP contribution is -2.24. The van der Waals surface area contributed by atoms with Gasteiger partial charge in [0.25, 0.3) is 0 Å². The maximum Gasteiger partial charge on any atom is 0.193 e. The number of phenolic OH excluding ortho intramolecular Hbond substituents is 2. The van der Waals surface area contributed by atoms with Crippen LogP contribution in [0.4, 0.5) is 17.2 Å². The van der Waals surface area contributed by atoms with E-state index < -0.39 is 11.5 Å². The predicted octanol–water partition coefficient (Wildman–Crippen LogP) is 4.31. The molecule has 0 amide bonds. The fourth-order valence-corrected chi connectivity index (χ4v) is 4.01. The first-order chi connectivity index (χ1) is 17.4. The lowest BCUT2D eigenvalue weighted by atomic mass is 10.1. The molecule has 1 atom stereocenters. The minimum Gasteiger partial charge on any atom is -0.506 e. The molecule has 180 valence electrons. The fraction of sp³-hybridized carbons (Fsp3) is 0.0769. The zero-order chi connectivity index (χ0) is 25.2. The van der Waals surface area contributed by atoms with Crippen molar-refractivity contribution in [2.45, 2.75) is 6.04 Å². The number of nitrogens with one attached hydrogen (secondary N) is 3. The number of phenols is 2. The Labute approximate surface area is 203 Å². The zero-order valence-corrected chi connectivity index (χ0v) is 18.9. The highest BCUT2D eigenvalue weighted by Gasteiger charge is 2.17. The van der Waals surface area contributed by atoms with Crippen molar-refractivity contribution in [1.82, 2.24) is 9.97 Å². The Morgan fingerprint density at radius 3 is 2.39 bits per heavy atom. The van der Waals surface area contributed by atoms with Gasteiger partial charge < -0.3 is 31.2 Å². The van der Waals surface area contributed by atoms with Gasteiger partial charge in [-0.2, -0.15) is 5.11 Å². The van der Waals surface area contributed by atoms with E-state index in [-0.39, 0.29) is 40.2 Å². The van der Waals surface area contributed by atoms with Crippen LogP contribution in [0.3, 0.4) is 0 Å². The summed E-state index contributed by atoms with van der Waals surface area (Å²) in [4.78, 5) is 31.7. The average molecular weight is 483 g/mol. The minimum atomic E-state index is -0.613. The standard InChI is InChI=1S/C26H22N6O4/c27-13-18(17-11-21(35)15-7-4-8-19(33)25(15)29-17)28-23-12-22(36)24-16(9-10-20(34)26(24)30-23)32-31-14-5-2-1-3-6-14/h1-12,18,33-34H,13,27H2,(H,29,35)(H2,28,30,36). The van der Waals surface area contributed by atoms with E-state index in [0.29, 0.717) is 28.0 Å². The first kappa shape index (κ1) is 22.8. The van der Waals surface area contributed by atoms with Crippen LogP contribution in [0.2, 0.25) is 0 Å². The van der Waals surface area contributed by atoms with Crippen molar-refractivity contribution >= 4 is 39.0 Å². The van der Waals surface area contributed by atoms with Crippen molar-refractivity contribution in [2.24, 2.45) is 16.0 Å². The van der Waals surface area contributed by atoms with Gasteiger partial charge in [-0.1, -0.05) is 24.3 Å². The number of anilines is 1. The molecule has 3 aromatic carbocycles. The van der Waals surface area contributed by atoms with Crippen LogP contribution < -0.4 is 21.9 Å². The second-order valence-corrected chi connectivity index (χ2v) is 8.16. The fourth-order valence-electron chi connectivity index (χ4n) is 4.01. The van der Waals surface area contributed by atoms with E-state index in [9.17, 15) is 19.8 Å². The van der Waals surface area contributed by atoms with E-state index in [1.807, 2.05) is 18.2 Å². The summed E-state index contributed by atoms with van der Waals surface area (Å²) in [6, 6.07) is 18.8. The maximum atomic E-state index is 13.1. The van der Waals surface area contributed by atoms with E-state index in [4.69, 9.17) is 5.73 Å². The van der Waals surface area contributed by atoms with Gasteiger partial charge in [-0.3, -0.25) is 9.59 Å². The molecule has 0 aliphatic heterocycles. The number of para-hydroxylation sites is 1. The number of hydrogen-bond acceptors (Lipinski definition) is 8. The van der Waals surface area contributed by atoms with Gasteiger partial charge in [0.15, 0.2) is 10.9 Å². The van der Waals surface area contributed by atoms with E-state index in [0.717, 1.165) is 0 Å². The van der Waals surface area contributed by atoms with Crippen LogP contribution in [-0.2, 0) is 0 Å². The number of hydrogen-bond donors (Lipinski definition) is 6.